The van der Waals surface area contributed by atoms with E-state index in [-0.39, 0.29) is 0 Å². The van der Waals surface area contributed by atoms with Crippen LogP contribution < -0.4 is 5.32 Å². The van der Waals surface area contributed by atoms with Gasteiger partial charge in [0.15, 0.2) is 0 Å². The fraction of sp³-hybridized carbons (Fsp3) is 0.714. The summed E-state index contributed by atoms with van der Waals surface area (Å²) in [5.41, 5.74) is 1.08. The fourth-order valence-corrected chi connectivity index (χ4v) is 2.92. The van der Waals surface area contributed by atoms with E-state index in [0.717, 1.165) is 54.4 Å². The number of hydrogen-bond donors (Lipinski definition) is 1. The molecule has 1 aliphatic heterocycles. The summed E-state index contributed by atoms with van der Waals surface area (Å²) in [6, 6.07) is 0. The summed E-state index contributed by atoms with van der Waals surface area (Å²) in [7, 11) is 0. The predicted molar refractivity (Wildman–Crippen MR) is 80.8 cm³/mol. The average Bonchev–Trinajstić information content (AvgIpc) is 2.91. The predicted octanol–water partition coefficient (Wildman–Crippen LogP) is 3.69. The van der Waals surface area contributed by atoms with Crippen LogP contribution in [-0.2, 0) is 4.74 Å². The monoisotopic (exact) mass is 327 g/mol. The third kappa shape index (κ3) is 3.45. The molecule has 1 atom stereocenters. The molecular formula is C14H22BrN3O. The number of rotatable bonds is 5. The van der Waals surface area contributed by atoms with Gasteiger partial charge in [0.2, 0.25) is 0 Å². The zero-order valence-electron chi connectivity index (χ0n) is 11.9. The molecule has 1 aliphatic rings. The highest BCUT2D eigenvalue weighted by atomic mass is 79.9. The van der Waals surface area contributed by atoms with Crippen molar-refractivity contribution in [3.63, 3.8) is 0 Å². The molecule has 0 saturated carbocycles. The molecule has 0 aromatic carbocycles. The molecule has 2 rings (SSSR count). The van der Waals surface area contributed by atoms with Crippen molar-refractivity contribution in [1.82, 2.24) is 9.97 Å². The van der Waals surface area contributed by atoms with Crippen LogP contribution in [0.3, 0.4) is 0 Å². The van der Waals surface area contributed by atoms with Crippen molar-refractivity contribution in [2.45, 2.75) is 45.4 Å². The minimum Gasteiger partial charge on any atom is -0.381 e. The molecule has 4 nitrogen and oxygen atoms in total. The van der Waals surface area contributed by atoms with Crippen molar-refractivity contribution in [2.75, 3.05) is 25.1 Å². The molecule has 0 radical (unpaired) electrons. The van der Waals surface area contributed by atoms with Crippen LogP contribution in [0, 0.1) is 0 Å². The van der Waals surface area contributed by atoms with Crippen LogP contribution in [0.25, 0.3) is 0 Å². The first-order chi connectivity index (χ1) is 9.13. The van der Waals surface area contributed by atoms with Crippen molar-refractivity contribution in [2.24, 2.45) is 0 Å². The number of ether oxygens (including phenoxy) is 1. The Morgan fingerprint density at radius 2 is 2.21 bits per heavy atom. The molecule has 0 aliphatic carbocycles. The Kier molecular flexibility index (Phi) is 5.16. The second kappa shape index (κ2) is 6.66. The van der Waals surface area contributed by atoms with E-state index in [2.05, 4.69) is 47.0 Å². The average molecular weight is 328 g/mol. The molecule has 1 N–H and O–H groups in total. The van der Waals surface area contributed by atoms with Gasteiger partial charge in [-0.2, -0.15) is 0 Å². The molecule has 19 heavy (non-hydrogen) atoms. The SMILES string of the molecule is CCCNc1nc(C2CCOC2)nc(C(C)C)c1Br. The van der Waals surface area contributed by atoms with Gasteiger partial charge in [-0.05, 0) is 34.7 Å². The van der Waals surface area contributed by atoms with Crippen molar-refractivity contribution >= 4 is 21.7 Å². The maximum Gasteiger partial charge on any atom is 0.144 e. The van der Waals surface area contributed by atoms with Gasteiger partial charge in [0.1, 0.15) is 11.6 Å². The number of halogens is 1. The first kappa shape index (κ1) is 14.7. The summed E-state index contributed by atoms with van der Waals surface area (Å²) in [5, 5.41) is 3.38. The molecule has 0 bridgehead atoms. The number of aromatic nitrogens is 2. The maximum absolute atomic E-state index is 5.45. The minimum absolute atomic E-state index is 0.341. The zero-order valence-corrected chi connectivity index (χ0v) is 13.5. The highest BCUT2D eigenvalue weighted by molar-refractivity contribution is 9.10. The Hall–Kier alpha value is -0.680. The lowest BCUT2D eigenvalue weighted by Crippen LogP contribution is -2.12. The molecule has 0 amide bonds. The summed E-state index contributed by atoms with van der Waals surface area (Å²) in [6.07, 6.45) is 2.10. The van der Waals surface area contributed by atoms with E-state index in [1.807, 2.05) is 0 Å². The van der Waals surface area contributed by atoms with Crippen molar-refractivity contribution < 1.29 is 4.74 Å². The largest absolute Gasteiger partial charge is 0.381 e. The van der Waals surface area contributed by atoms with Crippen molar-refractivity contribution in [3.8, 4) is 0 Å². The Morgan fingerprint density at radius 1 is 1.42 bits per heavy atom. The van der Waals surface area contributed by atoms with Crippen LogP contribution in [0.2, 0.25) is 0 Å². The molecule has 106 valence electrons. The third-order valence-corrected chi connectivity index (χ3v) is 4.06. The molecule has 2 heterocycles. The molecule has 0 spiro atoms. The lowest BCUT2D eigenvalue weighted by atomic mass is 10.1. The van der Waals surface area contributed by atoms with Gasteiger partial charge in [0.05, 0.1) is 16.8 Å². The van der Waals surface area contributed by atoms with Gasteiger partial charge < -0.3 is 10.1 Å². The van der Waals surface area contributed by atoms with Gasteiger partial charge in [0.25, 0.3) is 0 Å². The number of nitrogens with zero attached hydrogens (tertiary/aromatic N) is 2. The highest BCUT2D eigenvalue weighted by Gasteiger charge is 2.24. The van der Waals surface area contributed by atoms with Crippen molar-refractivity contribution in [1.29, 1.82) is 0 Å². The second-order valence-electron chi connectivity index (χ2n) is 5.27. The molecule has 5 heteroatoms. The smallest absolute Gasteiger partial charge is 0.144 e. The Labute approximate surface area is 123 Å². The summed E-state index contributed by atoms with van der Waals surface area (Å²) in [5.74, 6) is 2.55. The van der Waals surface area contributed by atoms with E-state index in [9.17, 15) is 0 Å². The fourth-order valence-electron chi connectivity index (χ4n) is 2.15. The molecule has 1 aromatic rings. The van der Waals surface area contributed by atoms with Gasteiger partial charge in [0, 0.05) is 19.1 Å². The van der Waals surface area contributed by atoms with E-state index in [1.54, 1.807) is 0 Å². The van der Waals surface area contributed by atoms with Gasteiger partial charge in [-0.25, -0.2) is 9.97 Å². The van der Waals surface area contributed by atoms with Crippen LogP contribution in [0.5, 0.6) is 0 Å². The first-order valence-electron chi connectivity index (χ1n) is 7.02. The third-order valence-electron chi connectivity index (χ3n) is 3.28. The summed E-state index contributed by atoms with van der Waals surface area (Å²) >= 11 is 3.64. The van der Waals surface area contributed by atoms with Crippen LogP contribution in [0.4, 0.5) is 5.82 Å². The van der Waals surface area contributed by atoms with Gasteiger partial charge in [-0.15, -0.1) is 0 Å². The lowest BCUT2D eigenvalue weighted by Gasteiger charge is -2.16. The standard InChI is InChI=1S/C14H22BrN3O/c1-4-6-16-14-11(15)12(9(2)3)17-13(18-14)10-5-7-19-8-10/h9-10H,4-8H2,1-3H3,(H,16,17,18). The van der Waals surface area contributed by atoms with Gasteiger partial charge in [-0.3, -0.25) is 0 Å². The van der Waals surface area contributed by atoms with Crippen LogP contribution >= 0.6 is 15.9 Å². The van der Waals surface area contributed by atoms with E-state index in [4.69, 9.17) is 9.72 Å². The Bertz CT molecular complexity index is 431. The van der Waals surface area contributed by atoms with E-state index >= 15 is 0 Å². The Balaban J connectivity index is 2.35. The topological polar surface area (TPSA) is 47.0 Å². The first-order valence-corrected chi connectivity index (χ1v) is 7.81. The minimum atomic E-state index is 0.341. The van der Waals surface area contributed by atoms with Crippen molar-refractivity contribution in [3.05, 3.63) is 16.0 Å². The second-order valence-corrected chi connectivity index (χ2v) is 6.06. The molecule has 1 unspecified atom stereocenters. The lowest BCUT2D eigenvalue weighted by molar-refractivity contribution is 0.193. The molecular weight excluding hydrogens is 306 g/mol. The summed E-state index contributed by atoms with van der Waals surface area (Å²) in [6.45, 7) is 8.95. The van der Waals surface area contributed by atoms with Gasteiger partial charge >= 0.3 is 0 Å². The quantitative estimate of drug-likeness (QED) is 0.895. The van der Waals surface area contributed by atoms with E-state index in [0.29, 0.717) is 11.8 Å². The highest BCUT2D eigenvalue weighted by Crippen LogP contribution is 2.32. The summed E-state index contributed by atoms with van der Waals surface area (Å²) in [4.78, 5) is 9.43. The Morgan fingerprint density at radius 3 is 2.79 bits per heavy atom. The molecule has 1 fully saturated rings. The van der Waals surface area contributed by atoms with E-state index in [1.165, 1.54) is 0 Å². The van der Waals surface area contributed by atoms with Crippen LogP contribution in [0.1, 0.15) is 57.0 Å². The normalized spacial score (nSPS) is 19.1. The summed E-state index contributed by atoms with van der Waals surface area (Å²) < 4.78 is 6.45. The van der Waals surface area contributed by atoms with Crippen LogP contribution in [-0.4, -0.2) is 29.7 Å². The number of hydrogen-bond acceptors (Lipinski definition) is 4. The van der Waals surface area contributed by atoms with Crippen LogP contribution in [0.15, 0.2) is 4.47 Å². The van der Waals surface area contributed by atoms with Gasteiger partial charge in [-0.1, -0.05) is 20.8 Å². The number of anilines is 1. The maximum atomic E-state index is 5.45. The molecule has 1 saturated heterocycles. The molecule has 1 aromatic heterocycles. The number of nitrogens with one attached hydrogen (secondary N) is 1. The van der Waals surface area contributed by atoms with E-state index < -0.39 is 0 Å². The zero-order chi connectivity index (χ0) is 13.8.